The molecule has 1 aromatic rings. The second-order valence-electron chi connectivity index (χ2n) is 6.41. The van der Waals surface area contributed by atoms with E-state index < -0.39 is 0 Å². The zero-order valence-corrected chi connectivity index (χ0v) is 15.0. The van der Waals surface area contributed by atoms with Crippen molar-refractivity contribution in [2.45, 2.75) is 51.3 Å². The Balaban J connectivity index is 1.52. The molecule has 3 rings (SSSR count). The van der Waals surface area contributed by atoms with Crippen LogP contribution in [0.3, 0.4) is 0 Å². The van der Waals surface area contributed by atoms with Gasteiger partial charge in [-0.05, 0) is 44.8 Å². The SMILES string of the molecule is CCNC(=NCC1CCc2nnc(C)n2C1)NCC1CCCS1. The van der Waals surface area contributed by atoms with Crippen LogP contribution in [0.25, 0.3) is 0 Å². The molecule has 0 aliphatic carbocycles. The summed E-state index contributed by atoms with van der Waals surface area (Å²) in [6.07, 6.45) is 4.85. The van der Waals surface area contributed by atoms with Crippen molar-refractivity contribution in [1.82, 2.24) is 25.4 Å². The normalized spacial score (nSPS) is 24.5. The zero-order chi connectivity index (χ0) is 16.1. The van der Waals surface area contributed by atoms with E-state index in [-0.39, 0.29) is 0 Å². The van der Waals surface area contributed by atoms with Crippen molar-refractivity contribution in [2.24, 2.45) is 10.9 Å². The third-order valence-electron chi connectivity index (χ3n) is 4.60. The predicted octanol–water partition coefficient (Wildman–Crippen LogP) is 1.60. The molecule has 2 unspecified atom stereocenters. The molecule has 1 saturated heterocycles. The average Bonchev–Trinajstić information content (AvgIpc) is 3.20. The number of nitrogens with one attached hydrogen (secondary N) is 2. The molecule has 2 N–H and O–H groups in total. The quantitative estimate of drug-likeness (QED) is 0.631. The fourth-order valence-electron chi connectivity index (χ4n) is 3.26. The fraction of sp³-hybridized carbons (Fsp3) is 0.812. The number of guanidine groups is 1. The van der Waals surface area contributed by atoms with E-state index in [9.17, 15) is 0 Å². The zero-order valence-electron chi connectivity index (χ0n) is 14.2. The van der Waals surface area contributed by atoms with Crippen LogP contribution in [-0.2, 0) is 13.0 Å². The Morgan fingerprint density at radius 1 is 1.35 bits per heavy atom. The lowest BCUT2D eigenvalue weighted by Crippen LogP contribution is -2.40. The molecule has 7 heteroatoms. The molecule has 2 aliphatic heterocycles. The van der Waals surface area contributed by atoms with E-state index in [4.69, 9.17) is 4.99 Å². The molecule has 0 aromatic carbocycles. The summed E-state index contributed by atoms with van der Waals surface area (Å²) in [7, 11) is 0. The minimum Gasteiger partial charge on any atom is -0.357 e. The Bertz CT molecular complexity index is 535. The molecule has 0 saturated carbocycles. The van der Waals surface area contributed by atoms with E-state index in [0.717, 1.165) is 61.9 Å². The van der Waals surface area contributed by atoms with Gasteiger partial charge in [-0.3, -0.25) is 4.99 Å². The minimum atomic E-state index is 0.577. The minimum absolute atomic E-state index is 0.577. The van der Waals surface area contributed by atoms with E-state index in [2.05, 4.69) is 44.1 Å². The summed E-state index contributed by atoms with van der Waals surface area (Å²) in [5, 5.41) is 16.1. The highest BCUT2D eigenvalue weighted by Gasteiger charge is 2.21. The summed E-state index contributed by atoms with van der Waals surface area (Å²) in [6.45, 7) is 7.95. The first-order valence-electron chi connectivity index (χ1n) is 8.78. The standard InChI is InChI=1S/C16H28N6S/c1-3-17-16(19-10-14-5-4-8-23-14)18-9-13-6-7-15-21-20-12(2)22(15)11-13/h13-14H,3-11H2,1-2H3,(H2,17,18,19). The first-order chi connectivity index (χ1) is 11.3. The van der Waals surface area contributed by atoms with Crippen LogP contribution >= 0.6 is 11.8 Å². The maximum atomic E-state index is 4.82. The smallest absolute Gasteiger partial charge is 0.191 e. The number of aromatic nitrogens is 3. The van der Waals surface area contributed by atoms with Gasteiger partial charge in [-0.15, -0.1) is 10.2 Å². The van der Waals surface area contributed by atoms with E-state index in [1.165, 1.54) is 18.6 Å². The molecular formula is C16H28N6S. The topological polar surface area (TPSA) is 67.1 Å². The molecule has 1 aromatic heterocycles. The van der Waals surface area contributed by atoms with Crippen LogP contribution < -0.4 is 10.6 Å². The van der Waals surface area contributed by atoms with Gasteiger partial charge in [0, 0.05) is 37.8 Å². The predicted molar refractivity (Wildman–Crippen MR) is 96.0 cm³/mol. The molecule has 0 radical (unpaired) electrons. The van der Waals surface area contributed by atoms with Gasteiger partial charge in [0.05, 0.1) is 0 Å². The number of hydrogen-bond acceptors (Lipinski definition) is 4. The first kappa shape index (κ1) is 16.6. The number of fused-ring (bicyclic) bond motifs is 1. The molecule has 0 bridgehead atoms. The maximum absolute atomic E-state index is 4.82. The van der Waals surface area contributed by atoms with Crippen LogP contribution in [0.1, 0.15) is 37.8 Å². The third kappa shape index (κ3) is 4.40. The monoisotopic (exact) mass is 336 g/mol. The highest BCUT2D eigenvalue weighted by molar-refractivity contribution is 8.00. The van der Waals surface area contributed by atoms with Gasteiger partial charge in [-0.25, -0.2) is 0 Å². The second-order valence-corrected chi connectivity index (χ2v) is 7.82. The summed E-state index contributed by atoms with van der Waals surface area (Å²) in [6, 6.07) is 0. The van der Waals surface area contributed by atoms with Gasteiger partial charge in [0.1, 0.15) is 11.6 Å². The van der Waals surface area contributed by atoms with E-state index in [1.54, 1.807) is 0 Å². The van der Waals surface area contributed by atoms with E-state index in [1.807, 2.05) is 6.92 Å². The molecular weight excluding hydrogens is 308 g/mol. The van der Waals surface area contributed by atoms with Crippen molar-refractivity contribution in [3.63, 3.8) is 0 Å². The summed E-state index contributed by atoms with van der Waals surface area (Å²) in [5.41, 5.74) is 0. The van der Waals surface area contributed by atoms with Crippen LogP contribution in [0, 0.1) is 12.8 Å². The van der Waals surface area contributed by atoms with E-state index in [0.29, 0.717) is 5.92 Å². The number of hydrogen-bond donors (Lipinski definition) is 2. The van der Waals surface area contributed by atoms with Crippen LogP contribution in [0.15, 0.2) is 4.99 Å². The highest BCUT2D eigenvalue weighted by Crippen LogP contribution is 2.25. The summed E-state index contributed by atoms with van der Waals surface area (Å²) >= 11 is 2.08. The molecule has 2 aliphatic rings. The van der Waals surface area contributed by atoms with Crippen LogP contribution in [0.2, 0.25) is 0 Å². The Labute approximate surface area is 142 Å². The molecule has 0 spiro atoms. The van der Waals surface area contributed by atoms with Crippen molar-refractivity contribution in [3.8, 4) is 0 Å². The van der Waals surface area contributed by atoms with Crippen LogP contribution in [0.5, 0.6) is 0 Å². The molecule has 1 fully saturated rings. The van der Waals surface area contributed by atoms with E-state index >= 15 is 0 Å². The lowest BCUT2D eigenvalue weighted by molar-refractivity contribution is 0.369. The van der Waals surface area contributed by atoms with Gasteiger partial charge in [-0.2, -0.15) is 11.8 Å². The Morgan fingerprint density at radius 2 is 2.26 bits per heavy atom. The lowest BCUT2D eigenvalue weighted by Gasteiger charge is -2.23. The summed E-state index contributed by atoms with van der Waals surface area (Å²) in [5.74, 6) is 5.01. The number of thioether (sulfide) groups is 1. The molecule has 6 nitrogen and oxygen atoms in total. The van der Waals surface area contributed by atoms with Crippen molar-refractivity contribution < 1.29 is 0 Å². The van der Waals surface area contributed by atoms with Gasteiger partial charge >= 0.3 is 0 Å². The number of nitrogens with zero attached hydrogens (tertiary/aromatic N) is 4. The van der Waals surface area contributed by atoms with Crippen molar-refractivity contribution in [3.05, 3.63) is 11.6 Å². The summed E-state index contributed by atoms with van der Waals surface area (Å²) in [4.78, 5) is 4.82. The largest absolute Gasteiger partial charge is 0.357 e. The van der Waals surface area contributed by atoms with Crippen molar-refractivity contribution in [1.29, 1.82) is 0 Å². The molecule has 23 heavy (non-hydrogen) atoms. The molecule has 2 atom stereocenters. The van der Waals surface area contributed by atoms with Crippen LogP contribution in [-0.4, -0.2) is 51.4 Å². The van der Waals surface area contributed by atoms with Crippen LogP contribution in [0.4, 0.5) is 0 Å². The Morgan fingerprint density at radius 3 is 3.04 bits per heavy atom. The van der Waals surface area contributed by atoms with Gasteiger partial charge in [0.2, 0.25) is 0 Å². The number of aryl methyl sites for hydroxylation is 2. The fourth-order valence-corrected chi connectivity index (χ4v) is 4.46. The Hall–Kier alpha value is -1.24. The molecule has 3 heterocycles. The summed E-state index contributed by atoms with van der Waals surface area (Å²) < 4.78 is 2.25. The van der Waals surface area contributed by atoms with Gasteiger partial charge in [0.25, 0.3) is 0 Å². The third-order valence-corrected chi connectivity index (χ3v) is 6.00. The maximum Gasteiger partial charge on any atom is 0.191 e. The second kappa shape index (κ2) is 8.04. The highest BCUT2D eigenvalue weighted by atomic mass is 32.2. The Kier molecular flexibility index (Phi) is 5.80. The van der Waals surface area contributed by atoms with Gasteiger partial charge in [-0.1, -0.05) is 0 Å². The first-order valence-corrected chi connectivity index (χ1v) is 9.83. The van der Waals surface area contributed by atoms with Crippen molar-refractivity contribution >= 4 is 17.7 Å². The van der Waals surface area contributed by atoms with Crippen molar-refractivity contribution in [2.75, 3.05) is 25.4 Å². The number of rotatable bonds is 5. The molecule has 0 amide bonds. The van der Waals surface area contributed by atoms with Gasteiger partial charge < -0.3 is 15.2 Å². The number of aliphatic imine (C=N–C) groups is 1. The average molecular weight is 337 g/mol. The molecule has 128 valence electrons. The lowest BCUT2D eigenvalue weighted by atomic mass is 9.99. The van der Waals surface area contributed by atoms with Gasteiger partial charge in [0.15, 0.2) is 5.96 Å².